The summed E-state index contributed by atoms with van der Waals surface area (Å²) < 4.78 is 17.6. The van der Waals surface area contributed by atoms with Gasteiger partial charge < -0.3 is 30.0 Å². The van der Waals surface area contributed by atoms with Gasteiger partial charge in [-0.3, -0.25) is 4.46 Å². The molecule has 0 amide bonds. The van der Waals surface area contributed by atoms with Gasteiger partial charge in [0.15, 0.2) is 0 Å². The average Bonchev–Trinajstić information content (AvgIpc) is 1.19. The number of phosphoric acid groups is 1. The standard InChI is InChI=1S/4Na.H3O4P.H2O3Si.4H/c;;;;1-5(2,3)4;1-4(2)3;;;;/h;;;;(H3,1,2,3,4);1-2H;;;;/q4*+1;;;4*-1. The molecule has 0 aromatic rings. The van der Waals surface area contributed by atoms with E-state index in [1.807, 2.05) is 0 Å². The van der Waals surface area contributed by atoms with Crippen molar-refractivity contribution >= 4 is 17.0 Å². The number of hydrogen-bond donors (Lipinski definition) is 5. The van der Waals surface area contributed by atoms with E-state index >= 15 is 0 Å². The zero-order valence-electron chi connectivity index (χ0n) is 12.0. The van der Waals surface area contributed by atoms with Crippen molar-refractivity contribution in [1.82, 2.24) is 0 Å². The number of rotatable bonds is 0. The van der Waals surface area contributed by atoms with E-state index in [4.69, 9.17) is 33.3 Å². The first-order chi connectivity index (χ1) is 3.73. The summed E-state index contributed by atoms with van der Waals surface area (Å²) in [7, 11) is -7.77. The monoisotopic (exact) mass is 272 g/mol. The van der Waals surface area contributed by atoms with E-state index in [-0.39, 0.29) is 124 Å². The minimum absolute atomic E-state index is 0. The molecule has 7 nitrogen and oxygen atoms in total. The van der Waals surface area contributed by atoms with Crippen LogP contribution in [0.3, 0.4) is 0 Å². The first kappa shape index (κ1) is 36.0. The Morgan fingerprint density at radius 2 is 0.923 bits per heavy atom. The minimum Gasteiger partial charge on any atom is -1.00 e. The van der Waals surface area contributed by atoms with Gasteiger partial charge in [-0.05, 0) is 0 Å². The molecule has 0 radical (unpaired) electrons. The molecule has 64 valence electrons. The second-order valence-corrected chi connectivity index (χ2v) is 2.39. The molecule has 13 heavy (non-hydrogen) atoms. The van der Waals surface area contributed by atoms with Crippen LogP contribution in [0.4, 0.5) is 0 Å². The van der Waals surface area contributed by atoms with Crippen LogP contribution in [0, 0.1) is 0 Å². The summed E-state index contributed by atoms with van der Waals surface area (Å²) in [4.78, 5) is 35.9. The molecule has 0 aliphatic rings. The SMILES string of the molecule is O=P(O)(O)O.O=[Si](O)O.[H-].[H-].[H-].[H-].[Na+].[Na+].[Na+].[Na+]. The average molecular weight is 272 g/mol. The molecular formula is H9Na4O7PSi. The molecule has 0 aromatic heterocycles. The summed E-state index contributed by atoms with van der Waals surface area (Å²) in [5, 5.41) is 0. The summed E-state index contributed by atoms with van der Waals surface area (Å²) in [5.41, 5.74) is 0. The third-order valence-electron chi connectivity index (χ3n) is 0. The Morgan fingerprint density at radius 1 is 0.923 bits per heavy atom. The summed E-state index contributed by atoms with van der Waals surface area (Å²) in [5.74, 6) is 0. The molecule has 0 spiro atoms. The molecule has 5 N–H and O–H groups in total. The Labute approximate surface area is 171 Å². The molecule has 0 aromatic carbocycles. The van der Waals surface area contributed by atoms with Gasteiger partial charge >= 0.3 is 135 Å². The fourth-order valence-corrected chi connectivity index (χ4v) is 0. The van der Waals surface area contributed by atoms with Crippen LogP contribution < -0.4 is 118 Å². The molecule has 0 rings (SSSR count). The Hall–Kier alpha value is 3.73. The van der Waals surface area contributed by atoms with Crippen molar-refractivity contribution in [2.75, 3.05) is 0 Å². The second kappa shape index (κ2) is 21.1. The quantitative estimate of drug-likeness (QED) is 0.218. The first-order valence-corrected chi connectivity index (χ1v) is 4.30. The van der Waals surface area contributed by atoms with Crippen LogP contribution in [0.25, 0.3) is 0 Å². The predicted octanol–water partition coefficient (Wildman–Crippen LogP) is -14.1. The van der Waals surface area contributed by atoms with Gasteiger partial charge in [0, 0.05) is 0 Å². The summed E-state index contributed by atoms with van der Waals surface area (Å²) >= 11 is 0. The molecule has 0 unspecified atom stereocenters. The molecule has 0 heterocycles. The molecule has 0 saturated heterocycles. The molecule has 0 aliphatic heterocycles. The molecule has 13 heteroatoms. The van der Waals surface area contributed by atoms with Gasteiger partial charge in [0.25, 0.3) is 0 Å². The summed E-state index contributed by atoms with van der Waals surface area (Å²) in [6.07, 6.45) is 0. The third kappa shape index (κ3) is 213. The van der Waals surface area contributed by atoms with Crippen LogP contribution in [0.5, 0.6) is 0 Å². The van der Waals surface area contributed by atoms with Crippen molar-refractivity contribution in [2.24, 2.45) is 0 Å². The van der Waals surface area contributed by atoms with Gasteiger partial charge in [0.05, 0.1) is 0 Å². The van der Waals surface area contributed by atoms with E-state index in [0.29, 0.717) is 0 Å². The van der Waals surface area contributed by atoms with Gasteiger partial charge in [-0.1, -0.05) is 0 Å². The Morgan fingerprint density at radius 3 is 0.923 bits per heavy atom. The fraction of sp³-hybridized carbons (Fsp3) is 0. The Bertz CT molecular complexity index is 134. The maximum Gasteiger partial charge on any atom is 1.00 e. The van der Waals surface area contributed by atoms with Crippen LogP contribution >= 0.6 is 7.82 Å². The molecular weight excluding hydrogens is 263 g/mol. The van der Waals surface area contributed by atoms with Crippen LogP contribution in [0.15, 0.2) is 0 Å². The van der Waals surface area contributed by atoms with Gasteiger partial charge in [0.1, 0.15) is 0 Å². The van der Waals surface area contributed by atoms with Gasteiger partial charge in [0.2, 0.25) is 0 Å². The first-order valence-electron chi connectivity index (χ1n) is 1.43. The maximum absolute atomic E-state index is 8.88. The van der Waals surface area contributed by atoms with Crippen molar-refractivity contribution in [3.8, 4) is 0 Å². The smallest absolute Gasteiger partial charge is 1.00 e. The number of hydrogen-bond acceptors (Lipinski definition) is 2. The van der Waals surface area contributed by atoms with E-state index in [1.165, 1.54) is 0 Å². The predicted molar refractivity (Wildman–Crippen MR) is 29.6 cm³/mol. The topological polar surface area (TPSA) is 135 Å². The van der Waals surface area contributed by atoms with E-state index in [0.717, 1.165) is 0 Å². The van der Waals surface area contributed by atoms with Crippen LogP contribution in [-0.2, 0) is 9.03 Å². The van der Waals surface area contributed by atoms with Crippen LogP contribution in [-0.4, -0.2) is 33.4 Å². The van der Waals surface area contributed by atoms with Crippen LogP contribution in [0.2, 0.25) is 0 Å². The molecule has 0 bridgehead atoms. The van der Waals surface area contributed by atoms with Gasteiger partial charge in [-0.15, -0.1) is 0 Å². The van der Waals surface area contributed by atoms with Crippen molar-refractivity contribution in [3.63, 3.8) is 0 Å². The van der Waals surface area contributed by atoms with Gasteiger partial charge in [-0.25, -0.2) is 4.57 Å². The van der Waals surface area contributed by atoms with E-state index < -0.39 is 17.0 Å². The minimum atomic E-state index is -4.64. The van der Waals surface area contributed by atoms with E-state index in [9.17, 15) is 0 Å². The van der Waals surface area contributed by atoms with Gasteiger partial charge in [-0.2, -0.15) is 0 Å². The van der Waals surface area contributed by atoms with Crippen molar-refractivity contribution in [3.05, 3.63) is 0 Å². The summed E-state index contributed by atoms with van der Waals surface area (Å²) in [6.45, 7) is 0. The molecule has 0 aliphatic carbocycles. The van der Waals surface area contributed by atoms with Crippen molar-refractivity contribution < 1.29 is 157 Å². The molecule has 0 saturated carbocycles. The normalized spacial score (nSPS) is 6.38. The molecule has 0 fully saturated rings. The molecule has 0 atom stereocenters. The zero-order chi connectivity index (χ0) is 8.08. The third-order valence-corrected chi connectivity index (χ3v) is 0. The zero-order valence-corrected chi connectivity index (χ0v) is 17.9. The summed E-state index contributed by atoms with van der Waals surface area (Å²) in [6, 6.07) is 0. The fourth-order valence-electron chi connectivity index (χ4n) is 0. The van der Waals surface area contributed by atoms with Crippen molar-refractivity contribution in [2.45, 2.75) is 0 Å². The maximum atomic E-state index is 8.88. The van der Waals surface area contributed by atoms with Crippen LogP contribution in [0.1, 0.15) is 5.71 Å². The second-order valence-electron chi connectivity index (χ2n) is 0.796. The Balaban J connectivity index is -0.00000000494. The van der Waals surface area contributed by atoms with E-state index in [2.05, 4.69) is 0 Å². The largest absolute Gasteiger partial charge is 1.00 e. The van der Waals surface area contributed by atoms with Crippen molar-refractivity contribution in [1.29, 1.82) is 0 Å². The Kier molecular flexibility index (Phi) is 58.2. The van der Waals surface area contributed by atoms with E-state index in [1.54, 1.807) is 0 Å².